The van der Waals surface area contributed by atoms with Crippen LogP contribution in [0.15, 0.2) is 17.1 Å². The largest absolute Gasteiger partial charge is 1.00 e. The number of unbranched alkanes of at least 4 members (excludes halogenated alkanes) is 9. The van der Waals surface area contributed by atoms with E-state index in [1.807, 2.05) is 6.08 Å². The number of rotatable bonds is 15. The molecule has 24 heavy (non-hydrogen) atoms. The molecule has 0 aliphatic heterocycles. The smallest absolute Gasteiger partial charge is 0.859 e. The van der Waals surface area contributed by atoms with E-state index in [9.17, 15) is 13.5 Å². The van der Waals surface area contributed by atoms with Gasteiger partial charge in [-0.2, -0.15) is 8.42 Å². The van der Waals surface area contributed by atoms with E-state index >= 15 is 0 Å². The van der Waals surface area contributed by atoms with Gasteiger partial charge in [0.15, 0.2) is 0 Å². The molecule has 0 rings (SSSR count). The molecule has 5 nitrogen and oxygen atoms in total. The van der Waals surface area contributed by atoms with Crippen LogP contribution in [-0.4, -0.2) is 31.2 Å². The molecule has 0 spiro atoms. The van der Waals surface area contributed by atoms with Crippen molar-refractivity contribution in [1.29, 1.82) is 0 Å². The molecule has 0 amide bonds. The number of hydrogen-bond acceptors (Lipinski definition) is 4. The van der Waals surface area contributed by atoms with Crippen molar-refractivity contribution < 1.29 is 69.5 Å². The van der Waals surface area contributed by atoms with Gasteiger partial charge in [-0.25, -0.2) is 0 Å². The van der Waals surface area contributed by atoms with Crippen LogP contribution >= 0.6 is 0 Å². The fourth-order valence-corrected chi connectivity index (χ4v) is 2.74. The Bertz CT molecular complexity index is 436. The molecule has 0 aromatic heterocycles. The fraction of sp³-hybridized carbons (Fsp3) is 0.824. The molecule has 0 fully saturated rings. The molecule has 0 atom stereocenters. The maximum atomic E-state index is 11.4. The molecule has 7 heteroatoms. The van der Waals surface area contributed by atoms with E-state index in [0.717, 1.165) is 12.8 Å². The molecular weight excluding hydrogens is 353 g/mol. The maximum absolute atomic E-state index is 11.4. The van der Waals surface area contributed by atoms with Crippen molar-refractivity contribution in [2.75, 3.05) is 12.3 Å². The van der Waals surface area contributed by atoms with E-state index in [4.69, 9.17) is 4.55 Å². The van der Waals surface area contributed by atoms with Crippen LogP contribution in [0.1, 0.15) is 77.6 Å². The Morgan fingerprint density at radius 1 is 1.00 bits per heavy atom. The summed E-state index contributed by atoms with van der Waals surface area (Å²) in [7, 11) is -3.95. The summed E-state index contributed by atoms with van der Waals surface area (Å²) in [6.45, 7) is 2.35. The van der Waals surface area contributed by atoms with Crippen LogP contribution in [0, 0.1) is 0 Å². The van der Waals surface area contributed by atoms with Crippen LogP contribution in [-0.2, 0) is 10.1 Å². The standard InChI is InChI=1S/C17H33NO4S.K/c1-2-3-4-5-6-7-8-9-10-11-12-14-17(19)18-15-13-16-23(20,21)22;/h12,14H,2-11,13,15-16H2,1H3,(H,18,19)(H,20,21,22);/q;+1/p-1/b14-12+;. The topological polar surface area (TPSA) is 89.8 Å². The number of allylic oxidation sites excluding steroid dienone is 1. The number of hydrogen-bond donors (Lipinski definition) is 1. The summed E-state index contributed by atoms with van der Waals surface area (Å²) in [5.74, 6) is -0.692. The third kappa shape index (κ3) is 22.8. The van der Waals surface area contributed by atoms with Gasteiger partial charge in [-0.05, 0) is 25.2 Å². The maximum Gasteiger partial charge on any atom is 1.00 e. The number of aliphatic imine (C=N–C) groups is 1. The van der Waals surface area contributed by atoms with E-state index in [1.165, 1.54) is 57.4 Å². The first kappa shape index (κ1) is 27.0. The Morgan fingerprint density at radius 2 is 1.54 bits per heavy atom. The van der Waals surface area contributed by atoms with Crippen LogP contribution in [0.4, 0.5) is 0 Å². The third-order valence-electron chi connectivity index (χ3n) is 3.56. The van der Waals surface area contributed by atoms with Gasteiger partial charge in [-0.1, -0.05) is 70.4 Å². The van der Waals surface area contributed by atoms with Crippen molar-refractivity contribution >= 4 is 16.0 Å². The molecule has 0 aliphatic rings. The van der Waals surface area contributed by atoms with E-state index in [1.54, 1.807) is 0 Å². The van der Waals surface area contributed by atoms with Gasteiger partial charge < -0.3 is 10.1 Å². The van der Waals surface area contributed by atoms with Crippen molar-refractivity contribution in [3.05, 3.63) is 12.2 Å². The first-order valence-corrected chi connectivity index (χ1v) is 10.4. The molecule has 0 aliphatic carbocycles. The molecule has 0 heterocycles. The van der Waals surface area contributed by atoms with Crippen molar-refractivity contribution in [1.82, 2.24) is 0 Å². The normalized spacial score (nSPS) is 12.5. The summed E-state index contributed by atoms with van der Waals surface area (Å²) in [4.78, 5) is 3.71. The van der Waals surface area contributed by atoms with E-state index in [-0.39, 0.29) is 76.0 Å². The molecular formula is C17H32KNO4S. The molecule has 136 valence electrons. The Labute approximate surface area is 190 Å². The average molecular weight is 386 g/mol. The Balaban J connectivity index is 0. The van der Waals surface area contributed by atoms with Crippen LogP contribution in [0.5, 0.6) is 0 Å². The van der Waals surface area contributed by atoms with Gasteiger partial charge in [-0.3, -0.25) is 4.55 Å². The summed E-state index contributed by atoms with van der Waals surface area (Å²) in [5, 5.41) is 11.4. The molecule has 0 saturated heterocycles. The SMILES string of the molecule is CCCCCCCCCCC/C=C/C([O-])=NCCCS(=O)(=O)O.[K+]. The first-order chi connectivity index (χ1) is 11.0. The average Bonchev–Trinajstić information content (AvgIpc) is 2.48. The van der Waals surface area contributed by atoms with Gasteiger partial charge in [-0.15, -0.1) is 0 Å². The monoisotopic (exact) mass is 385 g/mol. The van der Waals surface area contributed by atoms with Crippen LogP contribution in [0.2, 0.25) is 0 Å². The minimum absolute atomic E-state index is 0. The van der Waals surface area contributed by atoms with E-state index < -0.39 is 10.1 Å². The second-order valence-corrected chi connectivity index (χ2v) is 7.45. The van der Waals surface area contributed by atoms with Crippen LogP contribution < -0.4 is 56.5 Å². The molecule has 0 radical (unpaired) electrons. The van der Waals surface area contributed by atoms with Crippen molar-refractivity contribution in [2.45, 2.75) is 77.6 Å². The predicted octanol–water partition coefficient (Wildman–Crippen LogP) is 0.504. The molecule has 1 N–H and O–H groups in total. The molecule has 0 saturated carbocycles. The Hall–Kier alpha value is 0.756. The Morgan fingerprint density at radius 3 is 2.08 bits per heavy atom. The van der Waals surface area contributed by atoms with E-state index in [0.29, 0.717) is 0 Å². The quantitative estimate of drug-likeness (QED) is 0.146. The molecule has 0 bridgehead atoms. The van der Waals surface area contributed by atoms with Gasteiger partial charge in [0.2, 0.25) is 0 Å². The van der Waals surface area contributed by atoms with Crippen molar-refractivity contribution in [2.24, 2.45) is 4.99 Å². The minimum Gasteiger partial charge on any atom is -0.859 e. The zero-order chi connectivity index (χ0) is 17.4. The zero-order valence-electron chi connectivity index (χ0n) is 15.4. The van der Waals surface area contributed by atoms with Crippen molar-refractivity contribution in [3.63, 3.8) is 0 Å². The summed E-state index contributed by atoms with van der Waals surface area (Å²) >= 11 is 0. The van der Waals surface area contributed by atoms with Gasteiger partial charge >= 0.3 is 51.4 Å². The van der Waals surface area contributed by atoms with Gasteiger partial charge in [0.25, 0.3) is 10.1 Å². The van der Waals surface area contributed by atoms with E-state index in [2.05, 4.69) is 11.9 Å². The summed E-state index contributed by atoms with van der Waals surface area (Å²) in [6.07, 6.45) is 15.8. The van der Waals surface area contributed by atoms with Crippen LogP contribution in [0.25, 0.3) is 0 Å². The third-order valence-corrected chi connectivity index (χ3v) is 4.37. The van der Waals surface area contributed by atoms with Gasteiger partial charge in [0.05, 0.1) is 5.75 Å². The second-order valence-electron chi connectivity index (χ2n) is 5.88. The molecule has 0 unspecified atom stereocenters. The summed E-state index contributed by atoms with van der Waals surface area (Å²) < 4.78 is 29.5. The second kappa shape index (κ2) is 18.5. The summed E-state index contributed by atoms with van der Waals surface area (Å²) in [5.41, 5.74) is 0. The fourth-order valence-electron chi connectivity index (χ4n) is 2.25. The zero-order valence-corrected chi connectivity index (χ0v) is 19.3. The summed E-state index contributed by atoms with van der Waals surface area (Å²) in [6, 6.07) is 0. The molecule has 0 aromatic carbocycles. The Kier molecular flexibility index (Phi) is 20.8. The predicted molar refractivity (Wildman–Crippen MR) is 94.3 cm³/mol. The van der Waals surface area contributed by atoms with Crippen molar-refractivity contribution in [3.8, 4) is 0 Å². The number of nitrogens with zero attached hydrogens (tertiary/aromatic N) is 1. The van der Waals surface area contributed by atoms with Gasteiger partial charge in [0, 0.05) is 6.54 Å². The van der Waals surface area contributed by atoms with Gasteiger partial charge in [0.1, 0.15) is 0 Å². The van der Waals surface area contributed by atoms with Crippen LogP contribution in [0.3, 0.4) is 0 Å². The first-order valence-electron chi connectivity index (χ1n) is 8.79. The minimum atomic E-state index is -3.95. The molecule has 0 aromatic rings.